The molecule has 7 nitrogen and oxygen atoms in total. The number of carbonyl (C=O) groups excluding carboxylic acids is 1. The summed E-state index contributed by atoms with van der Waals surface area (Å²) in [5.41, 5.74) is 0.442. The first kappa shape index (κ1) is 16.4. The van der Waals surface area contributed by atoms with Crippen LogP contribution in [0.2, 0.25) is 0 Å². The second kappa shape index (κ2) is 6.96. The van der Waals surface area contributed by atoms with Crippen molar-refractivity contribution in [2.45, 2.75) is 17.4 Å². The van der Waals surface area contributed by atoms with Crippen molar-refractivity contribution in [3.8, 4) is 0 Å². The van der Waals surface area contributed by atoms with Gasteiger partial charge in [0.1, 0.15) is 0 Å². The van der Waals surface area contributed by atoms with Crippen LogP contribution >= 0.6 is 0 Å². The number of hydrogen-bond acceptors (Lipinski definition) is 5. The number of sulfonamides is 1. The highest BCUT2D eigenvalue weighted by atomic mass is 32.2. The number of rotatable bonds is 4. The molecule has 0 spiro atoms. The molecule has 2 aliphatic heterocycles. The van der Waals surface area contributed by atoms with Gasteiger partial charge in [0.05, 0.1) is 30.8 Å². The van der Waals surface area contributed by atoms with Gasteiger partial charge < -0.3 is 14.8 Å². The zero-order valence-corrected chi connectivity index (χ0v) is 13.5. The van der Waals surface area contributed by atoms with Crippen molar-refractivity contribution in [2.75, 3.05) is 39.5 Å². The summed E-state index contributed by atoms with van der Waals surface area (Å²) in [6, 6.07) is 6.06. The maximum Gasteiger partial charge on any atom is 0.251 e. The van der Waals surface area contributed by atoms with E-state index in [-0.39, 0.29) is 16.8 Å². The van der Waals surface area contributed by atoms with Crippen LogP contribution in [0.25, 0.3) is 0 Å². The average Bonchev–Trinajstić information content (AvgIpc) is 3.09. The number of hydrogen-bond donors (Lipinski definition) is 1. The summed E-state index contributed by atoms with van der Waals surface area (Å²) in [5.74, 6) is -0.212. The predicted molar refractivity (Wildman–Crippen MR) is 82.7 cm³/mol. The van der Waals surface area contributed by atoms with Gasteiger partial charge in [0.2, 0.25) is 10.0 Å². The highest BCUT2D eigenvalue weighted by molar-refractivity contribution is 7.89. The molecule has 1 N–H and O–H groups in total. The van der Waals surface area contributed by atoms with E-state index in [9.17, 15) is 13.2 Å². The van der Waals surface area contributed by atoms with Crippen LogP contribution in [0.1, 0.15) is 16.8 Å². The van der Waals surface area contributed by atoms with E-state index >= 15 is 0 Å². The Labute approximate surface area is 135 Å². The summed E-state index contributed by atoms with van der Waals surface area (Å²) in [6.07, 6.45) is 0.801. The van der Waals surface area contributed by atoms with Crippen LogP contribution in [0.3, 0.4) is 0 Å². The smallest absolute Gasteiger partial charge is 0.251 e. The highest BCUT2D eigenvalue weighted by Gasteiger charge is 2.26. The van der Waals surface area contributed by atoms with E-state index in [0.717, 1.165) is 6.42 Å². The first-order chi connectivity index (χ1) is 11.1. The van der Waals surface area contributed by atoms with E-state index in [1.807, 2.05) is 0 Å². The maximum atomic E-state index is 12.5. The third-order valence-electron chi connectivity index (χ3n) is 3.99. The average molecular weight is 340 g/mol. The quantitative estimate of drug-likeness (QED) is 0.848. The number of amides is 1. The van der Waals surface area contributed by atoms with E-state index < -0.39 is 10.0 Å². The molecule has 1 atom stereocenters. The lowest BCUT2D eigenvalue weighted by Crippen LogP contribution is -2.40. The Hall–Kier alpha value is -1.48. The standard InChI is InChI=1S/C15H20N2O5S/c18-15(16-13-5-8-22-11-13)12-1-3-14(4-2-12)23(19,20)17-6-9-21-10-7-17/h1-4,13H,5-11H2,(H,16,18). The van der Waals surface area contributed by atoms with Crippen molar-refractivity contribution in [1.82, 2.24) is 9.62 Å². The first-order valence-electron chi connectivity index (χ1n) is 7.64. The first-order valence-corrected chi connectivity index (χ1v) is 9.08. The molecule has 2 aliphatic rings. The molecule has 0 saturated carbocycles. The number of benzene rings is 1. The zero-order chi connectivity index (χ0) is 16.3. The van der Waals surface area contributed by atoms with Gasteiger partial charge in [-0.2, -0.15) is 4.31 Å². The molecule has 1 amide bonds. The van der Waals surface area contributed by atoms with Gasteiger partial charge in [0, 0.05) is 25.3 Å². The Bertz CT molecular complexity index is 647. The van der Waals surface area contributed by atoms with Gasteiger partial charge in [0.15, 0.2) is 0 Å². The molecule has 1 aromatic carbocycles. The second-order valence-corrected chi connectivity index (χ2v) is 7.51. The normalized spacial score (nSPS) is 22.9. The Morgan fingerprint density at radius 2 is 1.78 bits per heavy atom. The molecular formula is C15H20N2O5S. The molecule has 2 saturated heterocycles. The minimum atomic E-state index is -3.53. The lowest BCUT2D eigenvalue weighted by Gasteiger charge is -2.26. The van der Waals surface area contributed by atoms with Crippen LogP contribution in [0.15, 0.2) is 29.2 Å². The van der Waals surface area contributed by atoms with Crippen molar-refractivity contribution in [1.29, 1.82) is 0 Å². The fourth-order valence-electron chi connectivity index (χ4n) is 2.63. The molecule has 1 aromatic rings. The van der Waals surface area contributed by atoms with Crippen LogP contribution in [0.4, 0.5) is 0 Å². The molecular weight excluding hydrogens is 320 g/mol. The van der Waals surface area contributed by atoms with E-state index in [1.54, 1.807) is 12.1 Å². The fraction of sp³-hybridized carbons (Fsp3) is 0.533. The Kier molecular flexibility index (Phi) is 4.96. The van der Waals surface area contributed by atoms with Crippen LogP contribution in [0.5, 0.6) is 0 Å². The molecule has 0 aliphatic carbocycles. The molecule has 0 aromatic heterocycles. The maximum absolute atomic E-state index is 12.5. The molecule has 0 bridgehead atoms. The minimum Gasteiger partial charge on any atom is -0.379 e. The molecule has 126 valence electrons. The van der Waals surface area contributed by atoms with Crippen molar-refractivity contribution < 1.29 is 22.7 Å². The van der Waals surface area contributed by atoms with E-state index in [4.69, 9.17) is 9.47 Å². The van der Waals surface area contributed by atoms with Gasteiger partial charge in [-0.15, -0.1) is 0 Å². The van der Waals surface area contributed by atoms with Gasteiger partial charge in [0.25, 0.3) is 5.91 Å². The van der Waals surface area contributed by atoms with Crippen molar-refractivity contribution >= 4 is 15.9 Å². The fourth-order valence-corrected chi connectivity index (χ4v) is 4.04. The Balaban J connectivity index is 1.69. The number of ether oxygens (including phenoxy) is 2. The summed E-state index contributed by atoms with van der Waals surface area (Å²) in [5, 5.41) is 2.88. The molecule has 23 heavy (non-hydrogen) atoms. The molecule has 2 heterocycles. The minimum absolute atomic E-state index is 0.0271. The number of carbonyl (C=O) groups is 1. The third kappa shape index (κ3) is 3.72. The highest BCUT2D eigenvalue weighted by Crippen LogP contribution is 2.18. The summed E-state index contributed by atoms with van der Waals surface area (Å²) in [6.45, 7) is 2.70. The number of nitrogens with zero attached hydrogens (tertiary/aromatic N) is 1. The van der Waals surface area contributed by atoms with Gasteiger partial charge in [-0.3, -0.25) is 4.79 Å². The summed E-state index contributed by atoms with van der Waals surface area (Å²) < 4.78 is 36.8. The number of morpholine rings is 1. The van der Waals surface area contributed by atoms with Crippen LogP contribution < -0.4 is 5.32 Å². The summed E-state index contributed by atoms with van der Waals surface area (Å²) in [7, 11) is -3.53. The predicted octanol–water partition coefficient (Wildman–Crippen LogP) is 0.226. The largest absolute Gasteiger partial charge is 0.379 e. The Morgan fingerprint density at radius 3 is 2.39 bits per heavy atom. The van der Waals surface area contributed by atoms with E-state index in [0.29, 0.717) is 45.1 Å². The van der Waals surface area contributed by atoms with Gasteiger partial charge in [-0.05, 0) is 30.7 Å². The van der Waals surface area contributed by atoms with Crippen molar-refractivity contribution in [2.24, 2.45) is 0 Å². The van der Waals surface area contributed by atoms with E-state index in [2.05, 4.69) is 5.32 Å². The summed E-state index contributed by atoms with van der Waals surface area (Å²) >= 11 is 0. The van der Waals surface area contributed by atoms with Crippen LogP contribution in [-0.2, 0) is 19.5 Å². The number of nitrogens with one attached hydrogen (secondary N) is 1. The van der Waals surface area contributed by atoms with Crippen LogP contribution in [0, 0.1) is 0 Å². The lowest BCUT2D eigenvalue weighted by molar-refractivity contribution is 0.0730. The van der Waals surface area contributed by atoms with Gasteiger partial charge in [-0.25, -0.2) is 8.42 Å². The second-order valence-electron chi connectivity index (χ2n) is 5.57. The van der Waals surface area contributed by atoms with Crippen molar-refractivity contribution in [3.05, 3.63) is 29.8 Å². The molecule has 0 radical (unpaired) electrons. The van der Waals surface area contributed by atoms with Gasteiger partial charge in [-0.1, -0.05) is 0 Å². The lowest BCUT2D eigenvalue weighted by atomic mass is 10.2. The van der Waals surface area contributed by atoms with Crippen molar-refractivity contribution in [3.63, 3.8) is 0 Å². The van der Waals surface area contributed by atoms with E-state index in [1.165, 1.54) is 16.4 Å². The summed E-state index contributed by atoms with van der Waals surface area (Å²) in [4.78, 5) is 12.3. The monoisotopic (exact) mass is 340 g/mol. The SMILES string of the molecule is O=C(NC1CCOC1)c1ccc(S(=O)(=O)N2CCOCC2)cc1. The molecule has 3 rings (SSSR count). The zero-order valence-electron chi connectivity index (χ0n) is 12.7. The molecule has 8 heteroatoms. The molecule has 1 unspecified atom stereocenters. The topological polar surface area (TPSA) is 84.9 Å². The molecule has 2 fully saturated rings. The van der Waals surface area contributed by atoms with Gasteiger partial charge >= 0.3 is 0 Å². The third-order valence-corrected chi connectivity index (χ3v) is 5.90. The van der Waals surface area contributed by atoms with Crippen LogP contribution in [-0.4, -0.2) is 64.2 Å². The Morgan fingerprint density at radius 1 is 1.09 bits per heavy atom.